The molecule has 32 heavy (non-hydrogen) atoms. The molecule has 0 aromatic heterocycles. The lowest BCUT2D eigenvalue weighted by molar-refractivity contribution is -0.133. The van der Waals surface area contributed by atoms with Crippen LogP contribution in [0.25, 0.3) is 6.08 Å². The van der Waals surface area contributed by atoms with Crippen LogP contribution < -0.4 is 0 Å². The third-order valence-corrected chi connectivity index (χ3v) is 6.97. The largest absolute Gasteiger partial charge is 0.340 e. The van der Waals surface area contributed by atoms with Crippen molar-refractivity contribution in [3.8, 4) is 0 Å². The van der Waals surface area contributed by atoms with E-state index >= 15 is 0 Å². The second-order valence-corrected chi connectivity index (χ2v) is 9.81. The number of Topliss-reactive ketones (excluding diaryl/α,β-unsaturated/α-hetero) is 1. The Labute approximate surface area is 199 Å². The Balaban J connectivity index is 1.29. The Hall–Kier alpha value is -2.24. The van der Waals surface area contributed by atoms with Crippen molar-refractivity contribution in [2.45, 2.75) is 31.6 Å². The first kappa shape index (κ1) is 22.9. The molecule has 1 aliphatic carbocycles. The average molecular weight is 495 g/mol. The van der Waals surface area contributed by atoms with Crippen LogP contribution in [0, 0.1) is 5.92 Å². The third-order valence-electron chi connectivity index (χ3n) is 6.44. The lowest BCUT2D eigenvalue weighted by Crippen LogP contribution is -2.48. The quantitative estimate of drug-likeness (QED) is 0.483. The number of carbonyl (C=O) groups excluding carboxylic acids is 2. The SMILES string of the molecule is O=C(CC(CC(=O)N1CCN(CC=Cc2ccccc2)CC1)c1ccc(Br)cc1)C1CC1. The molecule has 1 aliphatic heterocycles. The molecule has 2 fully saturated rings. The minimum Gasteiger partial charge on any atom is -0.340 e. The van der Waals surface area contributed by atoms with E-state index in [1.54, 1.807) is 0 Å². The molecule has 4 rings (SSSR count). The maximum atomic E-state index is 13.1. The summed E-state index contributed by atoms with van der Waals surface area (Å²) in [4.78, 5) is 30.0. The van der Waals surface area contributed by atoms with Crippen LogP contribution in [0.5, 0.6) is 0 Å². The van der Waals surface area contributed by atoms with Crippen LogP contribution in [0.1, 0.15) is 42.7 Å². The fourth-order valence-electron chi connectivity index (χ4n) is 4.28. The van der Waals surface area contributed by atoms with Crippen LogP contribution in [0.15, 0.2) is 65.1 Å². The number of piperazine rings is 1. The van der Waals surface area contributed by atoms with Gasteiger partial charge in [0.15, 0.2) is 0 Å². The zero-order valence-corrected chi connectivity index (χ0v) is 20.0. The molecular weight excluding hydrogens is 464 g/mol. The lowest BCUT2D eigenvalue weighted by atomic mass is 9.89. The van der Waals surface area contributed by atoms with Gasteiger partial charge in [0.05, 0.1) is 0 Å². The third kappa shape index (κ3) is 6.63. The first-order valence-corrected chi connectivity index (χ1v) is 12.4. The standard InChI is InChI=1S/C27H31BrN2O2/c28-25-12-10-22(11-13-25)24(19-26(31)23-8-9-23)20-27(32)30-17-15-29(16-18-30)14-4-7-21-5-2-1-3-6-21/h1-7,10-13,23-24H,8-9,14-20H2. The molecule has 5 heteroatoms. The van der Waals surface area contributed by atoms with E-state index < -0.39 is 0 Å². The van der Waals surface area contributed by atoms with Crippen molar-refractivity contribution < 1.29 is 9.59 Å². The van der Waals surface area contributed by atoms with E-state index in [1.165, 1.54) is 5.56 Å². The highest BCUT2D eigenvalue weighted by atomic mass is 79.9. The number of benzene rings is 2. The van der Waals surface area contributed by atoms with Gasteiger partial charge in [-0.3, -0.25) is 14.5 Å². The van der Waals surface area contributed by atoms with Crippen molar-refractivity contribution in [3.63, 3.8) is 0 Å². The van der Waals surface area contributed by atoms with Crippen LogP contribution in [0.2, 0.25) is 0 Å². The number of carbonyl (C=O) groups is 2. The summed E-state index contributed by atoms with van der Waals surface area (Å²) in [5.41, 5.74) is 2.29. The van der Waals surface area contributed by atoms with Gasteiger partial charge in [0.1, 0.15) is 5.78 Å². The lowest BCUT2D eigenvalue weighted by Gasteiger charge is -2.35. The van der Waals surface area contributed by atoms with Crippen molar-refractivity contribution in [3.05, 3.63) is 76.3 Å². The van der Waals surface area contributed by atoms with E-state index in [0.29, 0.717) is 18.6 Å². The molecule has 1 unspecified atom stereocenters. The summed E-state index contributed by atoms with van der Waals surface area (Å²) in [5, 5.41) is 0. The predicted molar refractivity (Wildman–Crippen MR) is 132 cm³/mol. The van der Waals surface area contributed by atoms with Gasteiger partial charge >= 0.3 is 0 Å². The molecule has 2 aromatic carbocycles. The van der Waals surface area contributed by atoms with E-state index in [9.17, 15) is 9.59 Å². The van der Waals surface area contributed by atoms with E-state index in [1.807, 2.05) is 47.4 Å². The molecular formula is C27H31BrN2O2. The predicted octanol–water partition coefficient (Wildman–Crippen LogP) is 5.15. The normalized spacial score (nSPS) is 18.1. The van der Waals surface area contributed by atoms with E-state index in [2.05, 4.69) is 45.1 Å². The Bertz CT molecular complexity index is 930. The molecule has 1 atom stereocenters. The van der Waals surface area contributed by atoms with Gasteiger partial charge in [-0.15, -0.1) is 0 Å². The minimum atomic E-state index is -0.0319. The van der Waals surface area contributed by atoms with Crippen molar-refractivity contribution in [1.82, 2.24) is 9.80 Å². The number of hydrogen-bond donors (Lipinski definition) is 0. The van der Waals surface area contributed by atoms with Crippen LogP contribution in [-0.4, -0.2) is 54.2 Å². The van der Waals surface area contributed by atoms with Crippen molar-refractivity contribution in [1.29, 1.82) is 0 Å². The summed E-state index contributed by atoms with van der Waals surface area (Å²) in [6, 6.07) is 18.4. The summed E-state index contributed by atoms with van der Waals surface area (Å²) in [6.45, 7) is 4.17. The average Bonchev–Trinajstić information content (AvgIpc) is 3.66. The number of hydrogen-bond acceptors (Lipinski definition) is 3. The molecule has 0 spiro atoms. The molecule has 1 amide bonds. The second kappa shape index (κ2) is 11.1. The molecule has 168 valence electrons. The zero-order chi connectivity index (χ0) is 22.3. The van der Waals surface area contributed by atoms with E-state index in [-0.39, 0.29) is 17.7 Å². The highest BCUT2D eigenvalue weighted by molar-refractivity contribution is 9.10. The van der Waals surface area contributed by atoms with Gasteiger partial charge < -0.3 is 4.90 Å². The zero-order valence-electron chi connectivity index (χ0n) is 18.5. The molecule has 0 bridgehead atoms. The molecule has 0 N–H and O–H groups in total. The van der Waals surface area contributed by atoms with Crippen molar-refractivity contribution in [2.24, 2.45) is 5.92 Å². The summed E-state index contributed by atoms with van der Waals surface area (Å²) in [5.74, 6) is 0.688. The summed E-state index contributed by atoms with van der Waals surface area (Å²) >= 11 is 3.48. The molecule has 4 nitrogen and oxygen atoms in total. The molecule has 1 saturated carbocycles. The van der Waals surface area contributed by atoms with Gasteiger partial charge in [-0.1, -0.05) is 70.5 Å². The highest BCUT2D eigenvalue weighted by Crippen LogP contribution is 2.35. The fraction of sp³-hybridized carbons (Fsp3) is 0.407. The Morgan fingerprint density at radius 3 is 2.28 bits per heavy atom. The van der Waals surface area contributed by atoms with Crippen LogP contribution >= 0.6 is 15.9 Å². The Kier molecular flexibility index (Phi) is 7.93. The first-order chi connectivity index (χ1) is 15.6. The topological polar surface area (TPSA) is 40.6 Å². The Morgan fingerprint density at radius 2 is 1.62 bits per heavy atom. The monoisotopic (exact) mass is 494 g/mol. The molecule has 2 aromatic rings. The van der Waals surface area contributed by atoms with Crippen LogP contribution in [0.4, 0.5) is 0 Å². The maximum Gasteiger partial charge on any atom is 0.223 e. The van der Waals surface area contributed by atoms with Gasteiger partial charge in [-0.05, 0) is 42.0 Å². The van der Waals surface area contributed by atoms with Gasteiger partial charge in [0, 0.05) is 56.0 Å². The van der Waals surface area contributed by atoms with Gasteiger partial charge in [0.2, 0.25) is 5.91 Å². The number of halogens is 1. The van der Waals surface area contributed by atoms with Crippen LogP contribution in [-0.2, 0) is 9.59 Å². The summed E-state index contributed by atoms with van der Waals surface area (Å²) in [7, 11) is 0. The first-order valence-electron chi connectivity index (χ1n) is 11.6. The highest BCUT2D eigenvalue weighted by Gasteiger charge is 2.32. The number of amides is 1. The van der Waals surface area contributed by atoms with Gasteiger partial charge in [-0.2, -0.15) is 0 Å². The maximum absolute atomic E-state index is 13.1. The summed E-state index contributed by atoms with van der Waals surface area (Å²) in [6.07, 6.45) is 7.26. The van der Waals surface area contributed by atoms with E-state index in [0.717, 1.165) is 55.6 Å². The molecule has 1 saturated heterocycles. The number of nitrogens with zero attached hydrogens (tertiary/aromatic N) is 2. The second-order valence-electron chi connectivity index (χ2n) is 8.89. The number of ketones is 1. The molecule has 2 aliphatic rings. The van der Waals surface area contributed by atoms with Gasteiger partial charge in [0.25, 0.3) is 0 Å². The summed E-state index contributed by atoms with van der Waals surface area (Å²) < 4.78 is 1.01. The smallest absolute Gasteiger partial charge is 0.223 e. The van der Waals surface area contributed by atoms with Crippen molar-refractivity contribution >= 4 is 33.7 Å². The Morgan fingerprint density at radius 1 is 0.938 bits per heavy atom. The van der Waals surface area contributed by atoms with E-state index in [4.69, 9.17) is 0 Å². The molecule has 0 radical (unpaired) electrons. The van der Waals surface area contributed by atoms with Crippen LogP contribution in [0.3, 0.4) is 0 Å². The van der Waals surface area contributed by atoms with Crippen molar-refractivity contribution in [2.75, 3.05) is 32.7 Å². The van der Waals surface area contributed by atoms with Gasteiger partial charge in [-0.25, -0.2) is 0 Å². The minimum absolute atomic E-state index is 0.0319. The number of rotatable bonds is 9. The fourth-order valence-corrected chi connectivity index (χ4v) is 4.54. The molecule has 1 heterocycles.